The molecule has 3 N–H and O–H groups in total. The predicted molar refractivity (Wildman–Crippen MR) is 178 cm³/mol. The standard InChI is InChI=1S/C35H43F4N5O9/c1-35(22-53-35)30(47)25(18-24-10-6-3-7-11-24)40-31(48)26(20-51-33(36)37)41-32(49)27(21-52-34(38)39)44(29(46)19-43-14-16-50-17-15-43)42-28(45)13-12-23-8-4-2-5-9-23/h2-11,25-27,33-34H,12-22H2,1H3,(H,40,48)(H,41,49)(H,42,45)/t25-,26-,27-,35+/m0/s1. The minimum absolute atomic E-state index is 0.0234. The van der Waals surface area contributed by atoms with Crippen LogP contribution in [0.2, 0.25) is 0 Å². The van der Waals surface area contributed by atoms with Crippen molar-refractivity contribution in [3.05, 3.63) is 71.8 Å². The van der Waals surface area contributed by atoms with E-state index in [-0.39, 0.29) is 45.6 Å². The molecule has 14 nitrogen and oxygen atoms in total. The number of epoxide rings is 1. The van der Waals surface area contributed by atoms with Gasteiger partial charge in [0.2, 0.25) is 17.7 Å². The molecule has 4 atom stereocenters. The van der Waals surface area contributed by atoms with Gasteiger partial charge in [0.1, 0.15) is 11.6 Å². The van der Waals surface area contributed by atoms with Gasteiger partial charge in [0.15, 0.2) is 11.8 Å². The average Bonchev–Trinajstić information content (AvgIpc) is 3.90. The van der Waals surface area contributed by atoms with E-state index in [1.54, 1.807) is 65.6 Å². The summed E-state index contributed by atoms with van der Waals surface area (Å²) < 4.78 is 72.6. The predicted octanol–water partition coefficient (Wildman–Crippen LogP) is 1.23. The van der Waals surface area contributed by atoms with Gasteiger partial charge < -0.3 is 29.6 Å². The summed E-state index contributed by atoms with van der Waals surface area (Å²) in [6, 6.07) is 12.2. The van der Waals surface area contributed by atoms with Crippen LogP contribution in [-0.4, -0.2) is 129 Å². The Kier molecular flexibility index (Phi) is 15.6. The molecule has 2 fully saturated rings. The quantitative estimate of drug-likeness (QED) is 0.102. The number of rotatable bonds is 20. The van der Waals surface area contributed by atoms with E-state index < -0.39 is 79.6 Å². The zero-order valence-corrected chi connectivity index (χ0v) is 29.0. The van der Waals surface area contributed by atoms with E-state index in [1.165, 1.54) is 6.92 Å². The Balaban J connectivity index is 1.58. The minimum Gasteiger partial charge on any atom is -0.379 e. The number of halogens is 4. The minimum atomic E-state index is -3.42. The molecule has 2 aliphatic rings. The molecule has 0 spiro atoms. The first-order valence-corrected chi connectivity index (χ1v) is 16.9. The van der Waals surface area contributed by atoms with Gasteiger partial charge in [-0.1, -0.05) is 60.7 Å². The summed E-state index contributed by atoms with van der Waals surface area (Å²) in [4.78, 5) is 69.3. The Bertz CT molecular complexity index is 1520. The number of carbonyl (C=O) groups is 5. The molecule has 0 radical (unpaired) electrons. The Morgan fingerprint density at radius 3 is 1.98 bits per heavy atom. The van der Waals surface area contributed by atoms with Crippen molar-refractivity contribution in [2.24, 2.45) is 0 Å². The molecule has 0 saturated carbocycles. The highest BCUT2D eigenvalue weighted by Crippen LogP contribution is 2.29. The van der Waals surface area contributed by atoms with E-state index in [4.69, 9.17) is 9.47 Å². The number of aryl methyl sites for hydroxylation is 1. The van der Waals surface area contributed by atoms with Gasteiger partial charge in [-0.3, -0.25) is 34.3 Å². The van der Waals surface area contributed by atoms with Gasteiger partial charge in [-0.25, -0.2) is 5.01 Å². The van der Waals surface area contributed by atoms with Crippen LogP contribution in [0.1, 0.15) is 24.5 Å². The Morgan fingerprint density at radius 2 is 1.40 bits per heavy atom. The fourth-order valence-electron chi connectivity index (χ4n) is 5.44. The lowest BCUT2D eigenvalue weighted by atomic mass is 9.94. The van der Waals surface area contributed by atoms with Gasteiger partial charge in [-0.2, -0.15) is 17.6 Å². The fraction of sp³-hybridized carbons (Fsp3) is 0.514. The maximum Gasteiger partial charge on any atom is 0.345 e. The summed E-state index contributed by atoms with van der Waals surface area (Å²) >= 11 is 0. The largest absolute Gasteiger partial charge is 0.379 e. The lowest BCUT2D eigenvalue weighted by Gasteiger charge is -2.34. The molecule has 0 aliphatic carbocycles. The van der Waals surface area contributed by atoms with Crippen LogP contribution in [0.15, 0.2) is 60.7 Å². The molecule has 290 valence electrons. The smallest absolute Gasteiger partial charge is 0.345 e. The third kappa shape index (κ3) is 13.5. The number of nitrogens with one attached hydrogen (secondary N) is 3. The molecule has 4 amide bonds. The number of amides is 4. The lowest BCUT2D eigenvalue weighted by molar-refractivity contribution is -0.168. The Morgan fingerprint density at radius 1 is 0.830 bits per heavy atom. The number of hydrogen-bond donors (Lipinski definition) is 3. The maximum absolute atomic E-state index is 13.9. The van der Waals surface area contributed by atoms with Gasteiger partial charge in [0.05, 0.1) is 45.6 Å². The highest BCUT2D eigenvalue weighted by Gasteiger charge is 2.50. The van der Waals surface area contributed by atoms with E-state index in [2.05, 4.69) is 25.5 Å². The fourth-order valence-corrected chi connectivity index (χ4v) is 5.44. The van der Waals surface area contributed by atoms with Crippen LogP contribution in [0.5, 0.6) is 0 Å². The number of hydrazine groups is 1. The molecule has 53 heavy (non-hydrogen) atoms. The number of Topliss-reactive ketones (excluding diaryl/α,β-unsaturated/α-hetero) is 1. The lowest BCUT2D eigenvalue weighted by Crippen LogP contribution is -2.63. The first-order chi connectivity index (χ1) is 25.3. The molecule has 2 aromatic rings. The number of ketones is 1. The second kappa shape index (κ2) is 20.1. The normalized spacial score (nSPS) is 18.8. The van der Waals surface area contributed by atoms with Gasteiger partial charge in [-0.05, 0) is 30.9 Å². The van der Waals surface area contributed by atoms with Crippen molar-refractivity contribution in [3.63, 3.8) is 0 Å². The highest BCUT2D eigenvalue weighted by molar-refractivity contribution is 5.98. The number of nitrogens with zero attached hydrogens (tertiary/aromatic N) is 2. The number of benzene rings is 2. The van der Waals surface area contributed by atoms with Crippen LogP contribution < -0.4 is 16.1 Å². The zero-order chi connectivity index (χ0) is 38.4. The molecule has 2 aromatic carbocycles. The number of carbonyl (C=O) groups excluding carboxylic acids is 5. The Labute approximate surface area is 303 Å². The SMILES string of the molecule is C[C@]1(C(=O)[C@H](Cc2ccccc2)NC(=O)[C@H](COC(F)F)NC(=O)[C@H](COC(F)F)N(NC(=O)CCc2ccccc2)C(=O)CN2CCOCC2)CO1. The first-order valence-electron chi connectivity index (χ1n) is 16.9. The van der Waals surface area contributed by atoms with E-state index >= 15 is 0 Å². The zero-order valence-electron chi connectivity index (χ0n) is 29.0. The van der Waals surface area contributed by atoms with Crippen LogP contribution in [0.3, 0.4) is 0 Å². The first kappa shape index (κ1) is 41.3. The summed E-state index contributed by atoms with van der Waals surface area (Å²) in [5.41, 5.74) is 2.54. The molecular weight excluding hydrogens is 710 g/mol. The topological polar surface area (TPSA) is 168 Å². The van der Waals surface area contributed by atoms with Crippen LogP contribution in [-0.2, 0) is 55.8 Å². The monoisotopic (exact) mass is 753 g/mol. The third-order valence-corrected chi connectivity index (χ3v) is 8.49. The van der Waals surface area contributed by atoms with Crippen LogP contribution >= 0.6 is 0 Å². The van der Waals surface area contributed by atoms with Crippen molar-refractivity contribution in [1.82, 2.24) is 26.0 Å². The molecule has 2 aliphatic heterocycles. The Hall–Kier alpha value is -4.49. The molecule has 2 saturated heterocycles. The molecule has 0 aromatic heterocycles. The van der Waals surface area contributed by atoms with E-state index in [9.17, 15) is 41.5 Å². The molecule has 2 heterocycles. The van der Waals surface area contributed by atoms with Gasteiger partial charge in [0, 0.05) is 19.5 Å². The number of morpholine rings is 1. The number of ether oxygens (including phenoxy) is 4. The highest BCUT2D eigenvalue weighted by atomic mass is 19.3. The number of alkyl halides is 4. The van der Waals surface area contributed by atoms with Crippen molar-refractivity contribution in [2.75, 3.05) is 52.7 Å². The van der Waals surface area contributed by atoms with Crippen LogP contribution in [0, 0.1) is 0 Å². The second-order valence-corrected chi connectivity index (χ2v) is 12.6. The van der Waals surface area contributed by atoms with Crippen molar-refractivity contribution < 1.29 is 60.5 Å². The van der Waals surface area contributed by atoms with Crippen molar-refractivity contribution in [2.45, 2.75) is 63.1 Å². The number of hydrogen-bond acceptors (Lipinski definition) is 10. The summed E-state index contributed by atoms with van der Waals surface area (Å²) in [5.74, 6) is -4.63. The van der Waals surface area contributed by atoms with Crippen molar-refractivity contribution in [3.8, 4) is 0 Å². The van der Waals surface area contributed by atoms with Gasteiger partial charge in [-0.15, -0.1) is 0 Å². The maximum atomic E-state index is 13.9. The van der Waals surface area contributed by atoms with Crippen LogP contribution in [0.4, 0.5) is 17.6 Å². The van der Waals surface area contributed by atoms with E-state index in [1.807, 2.05) is 0 Å². The van der Waals surface area contributed by atoms with E-state index in [0.717, 1.165) is 5.56 Å². The summed E-state index contributed by atoms with van der Waals surface area (Å²) in [5, 5.41) is 5.18. The van der Waals surface area contributed by atoms with Gasteiger partial charge >= 0.3 is 13.2 Å². The van der Waals surface area contributed by atoms with Crippen LogP contribution in [0.25, 0.3) is 0 Å². The van der Waals surface area contributed by atoms with Crippen molar-refractivity contribution in [1.29, 1.82) is 0 Å². The average molecular weight is 754 g/mol. The third-order valence-electron chi connectivity index (χ3n) is 8.49. The molecular formula is C35H43F4N5O9. The second-order valence-electron chi connectivity index (χ2n) is 12.6. The summed E-state index contributed by atoms with van der Waals surface area (Å²) in [6.45, 7) is -6.69. The summed E-state index contributed by atoms with van der Waals surface area (Å²) in [6.07, 6.45) is 0.0231. The molecule has 0 bridgehead atoms. The van der Waals surface area contributed by atoms with Crippen molar-refractivity contribution >= 4 is 29.4 Å². The van der Waals surface area contributed by atoms with E-state index in [0.29, 0.717) is 23.7 Å². The molecule has 4 rings (SSSR count). The van der Waals surface area contributed by atoms with Gasteiger partial charge in [0.25, 0.3) is 5.91 Å². The summed E-state index contributed by atoms with van der Waals surface area (Å²) in [7, 11) is 0. The molecule has 18 heteroatoms. The molecule has 0 unspecified atom stereocenters.